The van der Waals surface area contributed by atoms with Crippen LogP contribution in [-0.2, 0) is 5.88 Å². The molecule has 0 aliphatic rings. The van der Waals surface area contributed by atoms with Gasteiger partial charge in [-0.1, -0.05) is 17.7 Å². The molecule has 0 fully saturated rings. The first-order valence-electron chi connectivity index (χ1n) is 5.68. The molecule has 0 heterocycles. The molecule has 2 aromatic carbocycles. The summed E-state index contributed by atoms with van der Waals surface area (Å²) in [6, 6.07) is 12.1. The fourth-order valence-electron chi connectivity index (χ4n) is 1.65. The number of halogens is 1. The zero-order valence-corrected chi connectivity index (χ0v) is 11.1. The molecule has 2 aromatic rings. The summed E-state index contributed by atoms with van der Waals surface area (Å²) < 4.78 is 5.63. The quantitative estimate of drug-likeness (QED) is 0.472. The van der Waals surface area contributed by atoms with Crippen molar-refractivity contribution in [2.24, 2.45) is 0 Å². The van der Waals surface area contributed by atoms with E-state index >= 15 is 0 Å². The largest absolute Gasteiger partial charge is 0.457 e. The first kappa shape index (κ1) is 13.4. The van der Waals surface area contributed by atoms with Crippen LogP contribution in [0.25, 0.3) is 0 Å². The van der Waals surface area contributed by atoms with Crippen LogP contribution in [0.15, 0.2) is 42.5 Å². The maximum atomic E-state index is 10.8. The van der Waals surface area contributed by atoms with Gasteiger partial charge in [-0.05, 0) is 31.2 Å². The topological polar surface area (TPSA) is 52.4 Å². The molecule has 0 radical (unpaired) electrons. The molecule has 19 heavy (non-hydrogen) atoms. The van der Waals surface area contributed by atoms with Crippen molar-refractivity contribution in [2.75, 3.05) is 0 Å². The third-order valence-electron chi connectivity index (χ3n) is 2.65. The van der Waals surface area contributed by atoms with E-state index in [0.29, 0.717) is 17.1 Å². The Morgan fingerprint density at radius 2 is 1.79 bits per heavy atom. The van der Waals surface area contributed by atoms with Crippen LogP contribution in [0.5, 0.6) is 11.5 Å². The molecule has 4 nitrogen and oxygen atoms in total. The molecule has 0 atom stereocenters. The second-order valence-electron chi connectivity index (χ2n) is 4.10. The molecule has 0 N–H and O–H groups in total. The number of nitro groups is 1. The summed E-state index contributed by atoms with van der Waals surface area (Å²) in [4.78, 5) is 10.3. The van der Waals surface area contributed by atoms with Gasteiger partial charge in [-0.3, -0.25) is 10.1 Å². The lowest BCUT2D eigenvalue weighted by molar-refractivity contribution is -0.385. The van der Waals surface area contributed by atoms with Gasteiger partial charge in [-0.25, -0.2) is 0 Å². The fourth-order valence-corrected chi connectivity index (χ4v) is 1.87. The average molecular weight is 278 g/mol. The molecule has 0 saturated carbocycles. The zero-order chi connectivity index (χ0) is 13.8. The molecule has 0 unspecified atom stereocenters. The lowest BCUT2D eigenvalue weighted by Gasteiger charge is -2.07. The zero-order valence-electron chi connectivity index (χ0n) is 10.3. The van der Waals surface area contributed by atoms with Gasteiger partial charge < -0.3 is 4.74 Å². The van der Waals surface area contributed by atoms with Crippen LogP contribution < -0.4 is 4.74 Å². The molecular weight excluding hydrogens is 266 g/mol. The number of hydrogen-bond donors (Lipinski definition) is 0. The van der Waals surface area contributed by atoms with Gasteiger partial charge in [0.2, 0.25) is 0 Å². The summed E-state index contributed by atoms with van der Waals surface area (Å²) in [5, 5.41) is 10.8. The number of nitro benzene ring substituents is 1. The molecule has 5 heteroatoms. The first-order valence-corrected chi connectivity index (χ1v) is 6.21. The molecule has 0 aliphatic carbocycles. The van der Waals surface area contributed by atoms with Crippen molar-refractivity contribution >= 4 is 17.3 Å². The van der Waals surface area contributed by atoms with Crippen LogP contribution in [0.2, 0.25) is 0 Å². The van der Waals surface area contributed by atoms with Crippen molar-refractivity contribution in [3.63, 3.8) is 0 Å². The van der Waals surface area contributed by atoms with Crippen molar-refractivity contribution in [3.05, 3.63) is 63.7 Å². The lowest BCUT2D eigenvalue weighted by Crippen LogP contribution is -1.94. The van der Waals surface area contributed by atoms with Crippen LogP contribution >= 0.6 is 11.6 Å². The van der Waals surface area contributed by atoms with Crippen molar-refractivity contribution in [2.45, 2.75) is 12.8 Å². The number of benzene rings is 2. The van der Waals surface area contributed by atoms with Crippen LogP contribution in [0.3, 0.4) is 0 Å². The van der Waals surface area contributed by atoms with Crippen molar-refractivity contribution < 1.29 is 9.66 Å². The summed E-state index contributed by atoms with van der Waals surface area (Å²) in [5.74, 6) is 1.28. The van der Waals surface area contributed by atoms with E-state index in [-0.39, 0.29) is 11.6 Å². The highest BCUT2D eigenvalue weighted by Crippen LogP contribution is 2.28. The standard InChI is InChI=1S/C14H12ClNO3/c1-10-2-4-12(5-3-10)19-13-6-7-14(16(17)18)11(8-13)9-15/h2-8H,9H2,1H3. The Morgan fingerprint density at radius 3 is 2.37 bits per heavy atom. The van der Waals surface area contributed by atoms with Gasteiger partial charge >= 0.3 is 0 Å². The second-order valence-corrected chi connectivity index (χ2v) is 4.36. The first-order chi connectivity index (χ1) is 9.10. The van der Waals surface area contributed by atoms with Gasteiger partial charge in [0, 0.05) is 11.6 Å². The molecule has 2 rings (SSSR count). The van der Waals surface area contributed by atoms with Crippen LogP contribution in [0, 0.1) is 17.0 Å². The highest BCUT2D eigenvalue weighted by molar-refractivity contribution is 6.17. The Balaban J connectivity index is 2.26. The molecular formula is C14H12ClNO3. The minimum atomic E-state index is -0.451. The van der Waals surface area contributed by atoms with E-state index in [9.17, 15) is 10.1 Å². The number of nitrogens with zero attached hydrogens (tertiary/aromatic N) is 1. The van der Waals surface area contributed by atoms with Crippen LogP contribution in [-0.4, -0.2) is 4.92 Å². The van der Waals surface area contributed by atoms with E-state index in [1.165, 1.54) is 6.07 Å². The molecule has 0 amide bonds. The van der Waals surface area contributed by atoms with E-state index in [2.05, 4.69) is 0 Å². The Morgan fingerprint density at radius 1 is 1.16 bits per heavy atom. The van der Waals surface area contributed by atoms with Gasteiger partial charge in [0.05, 0.1) is 10.8 Å². The lowest BCUT2D eigenvalue weighted by atomic mass is 10.2. The SMILES string of the molecule is Cc1ccc(Oc2ccc([N+](=O)[O-])c(CCl)c2)cc1. The number of alkyl halides is 1. The molecule has 0 aromatic heterocycles. The highest BCUT2D eigenvalue weighted by atomic mass is 35.5. The van der Waals surface area contributed by atoms with Crippen LogP contribution in [0.1, 0.15) is 11.1 Å². The minimum absolute atomic E-state index is 0.00579. The maximum Gasteiger partial charge on any atom is 0.274 e. The molecule has 0 saturated heterocycles. The third-order valence-corrected chi connectivity index (χ3v) is 2.94. The Labute approximate surface area is 115 Å². The van der Waals surface area contributed by atoms with Gasteiger partial charge in [-0.15, -0.1) is 11.6 Å². The van der Waals surface area contributed by atoms with Crippen molar-refractivity contribution in [1.82, 2.24) is 0 Å². The number of aryl methyl sites for hydroxylation is 1. The van der Waals surface area contributed by atoms with Gasteiger partial charge in [0.15, 0.2) is 0 Å². The van der Waals surface area contributed by atoms with E-state index in [0.717, 1.165) is 5.56 Å². The average Bonchev–Trinajstić information content (AvgIpc) is 2.41. The van der Waals surface area contributed by atoms with Crippen LogP contribution in [0.4, 0.5) is 5.69 Å². The summed E-state index contributed by atoms with van der Waals surface area (Å²) in [6.07, 6.45) is 0. The highest BCUT2D eigenvalue weighted by Gasteiger charge is 2.13. The molecule has 98 valence electrons. The minimum Gasteiger partial charge on any atom is -0.457 e. The van der Waals surface area contributed by atoms with Crippen molar-refractivity contribution in [1.29, 1.82) is 0 Å². The van der Waals surface area contributed by atoms with Gasteiger partial charge in [0.25, 0.3) is 5.69 Å². The molecule has 0 spiro atoms. The number of ether oxygens (including phenoxy) is 1. The number of hydrogen-bond acceptors (Lipinski definition) is 3. The van der Waals surface area contributed by atoms with Gasteiger partial charge in [-0.2, -0.15) is 0 Å². The van der Waals surface area contributed by atoms with E-state index in [1.54, 1.807) is 12.1 Å². The summed E-state index contributed by atoms with van der Waals surface area (Å²) in [5.41, 5.74) is 1.58. The normalized spacial score (nSPS) is 10.2. The van der Waals surface area contributed by atoms with E-state index in [1.807, 2.05) is 31.2 Å². The monoisotopic (exact) mass is 277 g/mol. The van der Waals surface area contributed by atoms with E-state index in [4.69, 9.17) is 16.3 Å². The predicted octanol–water partition coefficient (Wildman–Crippen LogP) is 4.43. The Kier molecular flexibility index (Phi) is 4.02. The maximum absolute atomic E-state index is 10.8. The summed E-state index contributed by atoms with van der Waals surface area (Å²) in [7, 11) is 0. The Hall–Kier alpha value is -2.07. The Bertz CT molecular complexity index is 596. The summed E-state index contributed by atoms with van der Waals surface area (Å²) >= 11 is 5.71. The number of rotatable bonds is 4. The van der Waals surface area contributed by atoms with E-state index < -0.39 is 4.92 Å². The van der Waals surface area contributed by atoms with Crippen molar-refractivity contribution in [3.8, 4) is 11.5 Å². The predicted molar refractivity (Wildman–Crippen MR) is 73.9 cm³/mol. The second kappa shape index (κ2) is 5.71. The fraction of sp³-hybridized carbons (Fsp3) is 0.143. The molecule has 0 aliphatic heterocycles. The van der Waals surface area contributed by atoms with Gasteiger partial charge in [0.1, 0.15) is 11.5 Å². The third kappa shape index (κ3) is 3.23. The molecule has 0 bridgehead atoms. The smallest absolute Gasteiger partial charge is 0.274 e. The summed E-state index contributed by atoms with van der Waals surface area (Å²) in [6.45, 7) is 1.99.